The van der Waals surface area contributed by atoms with E-state index in [1.807, 2.05) is 6.07 Å². The molecule has 2 aromatic rings. The molecule has 1 N–H and O–H groups in total. The van der Waals surface area contributed by atoms with Crippen LogP contribution in [-0.2, 0) is 6.42 Å². The van der Waals surface area contributed by atoms with Gasteiger partial charge in [0, 0.05) is 11.3 Å². The molecular formula is C15H16OS. The minimum Gasteiger partial charge on any atom is -0.388 e. The van der Waals surface area contributed by atoms with Gasteiger partial charge < -0.3 is 5.11 Å². The smallest absolute Gasteiger partial charge is 0.0838 e. The van der Waals surface area contributed by atoms with Gasteiger partial charge in [0.1, 0.15) is 0 Å². The monoisotopic (exact) mass is 244 g/mol. The summed E-state index contributed by atoms with van der Waals surface area (Å²) >= 11 is 1.70. The first-order valence-electron chi connectivity index (χ1n) is 6.13. The first-order chi connectivity index (χ1) is 8.33. The Balaban J connectivity index is 1.70. The molecule has 3 rings (SSSR count). The molecule has 88 valence electrons. The van der Waals surface area contributed by atoms with Crippen molar-refractivity contribution >= 4 is 11.3 Å². The van der Waals surface area contributed by atoms with Gasteiger partial charge in [-0.3, -0.25) is 0 Å². The fourth-order valence-electron chi connectivity index (χ4n) is 2.14. The maximum atomic E-state index is 10.1. The fraction of sp³-hybridized carbons (Fsp3) is 0.333. The van der Waals surface area contributed by atoms with Gasteiger partial charge in [0.2, 0.25) is 0 Å². The summed E-state index contributed by atoms with van der Waals surface area (Å²) in [7, 11) is 0. The summed E-state index contributed by atoms with van der Waals surface area (Å²) in [6, 6.07) is 12.6. The second-order valence-corrected chi connectivity index (χ2v) is 5.77. The van der Waals surface area contributed by atoms with E-state index in [0.717, 1.165) is 17.9 Å². The van der Waals surface area contributed by atoms with E-state index in [0.29, 0.717) is 0 Å². The Bertz CT molecular complexity index is 468. The van der Waals surface area contributed by atoms with Crippen LogP contribution in [0.15, 0.2) is 41.8 Å². The zero-order chi connectivity index (χ0) is 11.7. The Morgan fingerprint density at radius 1 is 1.18 bits per heavy atom. The third-order valence-corrected chi connectivity index (χ3v) is 4.24. The highest BCUT2D eigenvalue weighted by Gasteiger charge is 2.23. The Morgan fingerprint density at radius 3 is 2.53 bits per heavy atom. The van der Waals surface area contributed by atoms with Crippen LogP contribution in [0.5, 0.6) is 0 Å². The maximum Gasteiger partial charge on any atom is 0.0838 e. The molecule has 1 aromatic heterocycles. The summed E-state index contributed by atoms with van der Waals surface area (Å²) in [5, 5.41) is 12.2. The Morgan fingerprint density at radius 2 is 1.94 bits per heavy atom. The summed E-state index contributed by atoms with van der Waals surface area (Å²) in [5.41, 5.74) is 2.46. The molecule has 1 aliphatic carbocycles. The number of hydrogen-bond acceptors (Lipinski definition) is 2. The lowest BCUT2D eigenvalue weighted by molar-refractivity contribution is 0.179. The zero-order valence-corrected chi connectivity index (χ0v) is 10.5. The average Bonchev–Trinajstić information content (AvgIpc) is 3.09. The second kappa shape index (κ2) is 4.63. The Kier molecular flexibility index (Phi) is 3.00. The van der Waals surface area contributed by atoms with E-state index < -0.39 is 0 Å². The van der Waals surface area contributed by atoms with Crippen LogP contribution in [0.1, 0.15) is 40.9 Å². The molecule has 1 heterocycles. The minimum atomic E-state index is -0.373. The van der Waals surface area contributed by atoms with E-state index in [-0.39, 0.29) is 6.10 Å². The normalized spacial score (nSPS) is 17.0. The third kappa shape index (κ3) is 2.59. The van der Waals surface area contributed by atoms with Gasteiger partial charge in [-0.2, -0.15) is 0 Å². The van der Waals surface area contributed by atoms with Crippen LogP contribution in [0.3, 0.4) is 0 Å². The molecule has 0 spiro atoms. The van der Waals surface area contributed by atoms with E-state index in [9.17, 15) is 5.11 Å². The fourth-order valence-corrected chi connectivity index (χ4v) is 2.89. The van der Waals surface area contributed by atoms with E-state index in [1.54, 1.807) is 11.3 Å². The van der Waals surface area contributed by atoms with E-state index in [2.05, 4.69) is 35.7 Å². The summed E-state index contributed by atoms with van der Waals surface area (Å²) < 4.78 is 0. The molecule has 0 radical (unpaired) electrons. The lowest BCUT2D eigenvalue weighted by atomic mass is 10.0. The van der Waals surface area contributed by atoms with Gasteiger partial charge in [-0.05, 0) is 41.3 Å². The lowest BCUT2D eigenvalue weighted by Gasteiger charge is -2.10. The highest BCUT2D eigenvalue weighted by atomic mass is 32.1. The lowest BCUT2D eigenvalue weighted by Crippen LogP contribution is -2.00. The molecule has 1 nitrogen and oxygen atoms in total. The second-order valence-electron chi connectivity index (χ2n) is 4.74. The van der Waals surface area contributed by atoms with Gasteiger partial charge in [-0.25, -0.2) is 0 Å². The van der Waals surface area contributed by atoms with Crippen molar-refractivity contribution in [2.24, 2.45) is 0 Å². The first-order valence-corrected chi connectivity index (χ1v) is 7.01. The predicted molar refractivity (Wildman–Crippen MR) is 71.4 cm³/mol. The van der Waals surface area contributed by atoms with Gasteiger partial charge in [-0.15, -0.1) is 11.3 Å². The molecule has 1 atom stereocenters. The third-order valence-electron chi connectivity index (χ3n) is 3.34. The van der Waals surface area contributed by atoms with Gasteiger partial charge in [0.15, 0.2) is 0 Å². The van der Waals surface area contributed by atoms with Crippen molar-refractivity contribution < 1.29 is 5.11 Å². The molecule has 0 bridgehead atoms. The van der Waals surface area contributed by atoms with E-state index >= 15 is 0 Å². The topological polar surface area (TPSA) is 20.2 Å². The van der Waals surface area contributed by atoms with Crippen LogP contribution < -0.4 is 0 Å². The van der Waals surface area contributed by atoms with Crippen molar-refractivity contribution in [3.63, 3.8) is 0 Å². The average molecular weight is 244 g/mol. The molecule has 17 heavy (non-hydrogen) atoms. The van der Waals surface area contributed by atoms with Crippen LogP contribution in [0.25, 0.3) is 0 Å². The molecule has 0 aliphatic heterocycles. The Labute approximate surface area is 106 Å². The van der Waals surface area contributed by atoms with E-state index in [1.165, 1.54) is 23.3 Å². The summed E-state index contributed by atoms with van der Waals surface area (Å²) in [6.07, 6.45) is 3.01. The summed E-state index contributed by atoms with van der Waals surface area (Å²) in [4.78, 5) is 1.24. The number of hydrogen-bond donors (Lipinski definition) is 1. The standard InChI is InChI=1S/C15H16OS/c16-15(10-14-2-1-9-17-14)13-7-5-12(6-8-13)11-3-4-11/h1-2,5-9,11,15-16H,3-4,10H2. The van der Waals surface area contributed by atoms with Crippen molar-refractivity contribution in [1.29, 1.82) is 0 Å². The molecule has 2 heteroatoms. The van der Waals surface area contributed by atoms with Gasteiger partial charge >= 0.3 is 0 Å². The maximum absolute atomic E-state index is 10.1. The molecule has 1 aliphatic rings. The summed E-state index contributed by atoms with van der Waals surface area (Å²) in [6.45, 7) is 0. The van der Waals surface area contributed by atoms with Crippen molar-refractivity contribution in [1.82, 2.24) is 0 Å². The van der Waals surface area contributed by atoms with Crippen molar-refractivity contribution in [2.45, 2.75) is 31.3 Å². The van der Waals surface area contributed by atoms with Crippen LogP contribution in [0.2, 0.25) is 0 Å². The highest BCUT2D eigenvalue weighted by molar-refractivity contribution is 7.09. The number of aliphatic hydroxyl groups excluding tert-OH is 1. The zero-order valence-electron chi connectivity index (χ0n) is 9.67. The van der Waals surface area contributed by atoms with Crippen LogP contribution >= 0.6 is 11.3 Å². The van der Waals surface area contributed by atoms with Crippen molar-refractivity contribution in [2.75, 3.05) is 0 Å². The number of benzene rings is 1. The molecule has 1 fully saturated rings. The molecular weight excluding hydrogens is 228 g/mol. The highest BCUT2D eigenvalue weighted by Crippen LogP contribution is 2.40. The Hall–Kier alpha value is -1.12. The van der Waals surface area contributed by atoms with Crippen molar-refractivity contribution in [3.05, 3.63) is 57.8 Å². The largest absolute Gasteiger partial charge is 0.388 e. The number of aliphatic hydroxyl groups is 1. The van der Waals surface area contributed by atoms with Crippen LogP contribution in [0, 0.1) is 0 Å². The van der Waals surface area contributed by atoms with Crippen LogP contribution in [0.4, 0.5) is 0 Å². The first kappa shape index (κ1) is 11.0. The minimum absolute atomic E-state index is 0.373. The van der Waals surface area contributed by atoms with Crippen molar-refractivity contribution in [3.8, 4) is 0 Å². The van der Waals surface area contributed by atoms with Gasteiger partial charge in [0.05, 0.1) is 6.10 Å². The molecule has 1 unspecified atom stereocenters. The van der Waals surface area contributed by atoms with Crippen LogP contribution in [-0.4, -0.2) is 5.11 Å². The molecule has 1 aromatic carbocycles. The predicted octanol–water partition coefficient (Wildman–Crippen LogP) is 3.90. The van der Waals surface area contributed by atoms with E-state index in [4.69, 9.17) is 0 Å². The SMILES string of the molecule is OC(Cc1cccs1)c1ccc(C2CC2)cc1. The quantitative estimate of drug-likeness (QED) is 0.864. The number of rotatable bonds is 4. The number of thiophene rings is 1. The van der Waals surface area contributed by atoms with Gasteiger partial charge in [0.25, 0.3) is 0 Å². The summed E-state index contributed by atoms with van der Waals surface area (Å²) in [5.74, 6) is 0.790. The molecule has 0 saturated heterocycles. The molecule has 1 saturated carbocycles. The molecule has 0 amide bonds. The van der Waals surface area contributed by atoms with Gasteiger partial charge in [-0.1, -0.05) is 30.3 Å².